The molecule has 0 radical (unpaired) electrons. The molecule has 108 valence electrons. The fourth-order valence-electron chi connectivity index (χ4n) is 3.04. The molecule has 2 aromatic heterocycles. The van der Waals surface area contributed by atoms with Crippen LogP contribution in [0.2, 0.25) is 0 Å². The Bertz CT molecular complexity index is 766. The third-order valence-corrected chi connectivity index (χ3v) is 4.45. The molecule has 1 aliphatic carbocycles. The average Bonchev–Trinajstić information content (AvgIpc) is 2.72. The molecule has 0 bridgehead atoms. The number of halogens is 1. The molecule has 0 aromatic carbocycles. The van der Waals surface area contributed by atoms with E-state index in [1.54, 1.807) is 10.5 Å². The van der Waals surface area contributed by atoms with E-state index in [9.17, 15) is 12.8 Å². The maximum absolute atomic E-state index is 14.0. The largest absolute Gasteiger partial charge is 0.290 e. The van der Waals surface area contributed by atoms with Crippen molar-refractivity contribution >= 4 is 15.6 Å². The highest BCUT2D eigenvalue weighted by molar-refractivity contribution is 7.86. The highest BCUT2D eigenvalue weighted by atomic mass is 32.2. The minimum atomic E-state index is -3.51. The highest BCUT2D eigenvalue weighted by Crippen LogP contribution is 2.36. The number of rotatable bonds is 2. The summed E-state index contributed by atoms with van der Waals surface area (Å²) in [4.78, 5) is 0. The molecule has 2 heterocycles. The van der Waals surface area contributed by atoms with Crippen molar-refractivity contribution in [1.29, 1.82) is 0 Å². The summed E-state index contributed by atoms with van der Waals surface area (Å²) in [6, 6.07) is 6.89. The van der Waals surface area contributed by atoms with Gasteiger partial charge in [-0.15, -0.1) is 0 Å². The second kappa shape index (κ2) is 4.56. The van der Waals surface area contributed by atoms with Crippen LogP contribution < -0.4 is 0 Å². The highest BCUT2D eigenvalue weighted by Gasteiger charge is 2.32. The van der Waals surface area contributed by atoms with E-state index in [4.69, 9.17) is 4.18 Å². The van der Waals surface area contributed by atoms with E-state index in [1.807, 2.05) is 19.1 Å². The van der Waals surface area contributed by atoms with Gasteiger partial charge in [0.2, 0.25) is 0 Å². The molecule has 0 aliphatic heterocycles. The molecule has 4 nitrogen and oxygen atoms in total. The first-order valence-electron chi connectivity index (χ1n) is 6.54. The van der Waals surface area contributed by atoms with Gasteiger partial charge in [0.25, 0.3) is 10.1 Å². The lowest BCUT2D eigenvalue weighted by Gasteiger charge is -2.28. The Balaban J connectivity index is 2.10. The predicted molar refractivity (Wildman–Crippen MR) is 73.8 cm³/mol. The van der Waals surface area contributed by atoms with Crippen LogP contribution in [0.1, 0.15) is 30.5 Å². The molecule has 1 aliphatic rings. The van der Waals surface area contributed by atoms with Gasteiger partial charge in [-0.25, -0.2) is 0 Å². The average molecular weight is 297 g/mol. The lowest BCUT2D eigenvalue weighted by atomic mass is 9.87. The van der Waals surface area contributed by atoms with Gasteiger partial charge in [0.1, 0.15) is 0 Å². The molecule has 6 heteroatoms. The molecule has 20 heavy (non-hydrogen) atoms. The Labute approximate surface area is 117 Å². The van der Waals surface area contributed by atoms with E-state index in [0.29, 0.717) is 12.8 Å². The van der Waals surface area contributed by atoms with Gasteiger partial charge in [0.05, 0.1) is 12.4 Å². The summed E-state index contributed by atoms with van der Waals surface area (Å²) in [5.74, 6) is -0.511. The maximum atomic E-state index is 14.0. The van der Waals surface area contributed by atoms with Crippen LogP contribution in [-0.2, 0) is 20.7 Å². The van der Waals surface area contributed by atoms with Crippen molar-refractivity contribution in [3.63, 3.8) is 0 Å². The molecule has 0 saturated carbocycles. The lowest BCUT2D eigenvalue weighted by Crippen LogP contribution is -2.29. The third-order valence-electron chi connectivity index (χ3n) is 3.85. The van der Waals surface area contributed by atoms with Crippen LogP contribution in [0.25, 0.3) is 5.52 Å². The molecule has 0 saturated heterocycles. The summed E-state index contributed by atoms with van der Waals surface area (Å²) in [7, 11) is -3.51. The second-order valence-electron chi connectivity index (χ2n) is 5.33. The summed E-state index contributed by atoms with van der Waals surface area (Å²) in [5.41, 5.74) is 2.68. The molecule has 2 atom stereocenters. The molecule has 2 aromatic rings. The predicted octanol–water partition coefficient (Wildman–Crippen LogP) is 2.47. The zero-order chi connectivity index (χ0) is 14.5. The van der Waals surface area contributed by atoms with Crippen LogP contribution in [0.15, 0.2) is 24.3 Å². The molecule has 0 amide bonds. The smallest absolute Gasteiger partial charge is 0.264 e. The van der Waals surface area contributed by atoms with Gasteiger partial charge in [0, 0.05) is 17.1 Å². The first kappa shape index (κ1) is 13.6. The van der Waals surface area contributed by atoms with E-state index < -0.39 is 16.2 Å². The Kier molecular flexibility index (Phi) is 3.10. The molecule has 3 rings (SSSR count). The first-order valence-corrected chi connectivity index (χ1v) is 8.35. The van der Waals surface area contributed by atoms with Gasteiger partial charge in [0.15, 0.2) is 5.95 Å². The van der Waals surface area contributed by atoms with Crippen LogP contribution in [0.4, 0.5) is 4.39 Å². The Hall–Kier alpha value is -1.40. The van der Waals surface area contributed by atoms with Crippen molar-refractivity contribution in [2.45, 2.75) is 31.8 Å². The number of hydrogen-bond donors (Lipinski definition) is 0. The summed E-state index contributed by atoms with van der Waals surface area (Å²) < 4.78 is 43.4. The van der Waals surface area contributed by atoms with E-state index in [-0.39, 0.29) is 11.9 Å². The van der Waals surface area contributed by atoms with Gasteiger partial charge >= 0.3 is 0 Å². The van der Waals surface area contributed by atoms with Gasteiger partial charge in [-0.3, -0.25) is 8.58 Å². The fraction of sp³-hybridized carbons (Fsp3) is 0.429. The standard InChI is InChI=1S/C14H16FNO3S/c1-9-12(19-20(2,17)18)7-6-10-8-11-4-3-5-13(15)16(11)14(9)10/h3-5,8-9,12H,6-7H2,1-2H3. The van der Waals surface area contributed by atoms with E-state index >= 15 is 0 Å². The van der Waals surface area contributed by atoms with E-state index in [0.717, 1.165) is 23.0 Å². The number of fused-ring (bicyclic) bond motifs is 3. The molecular weight excluding hydrogens is 281 g/mol. The van der Waals surface area contributed by atoms with Crippen LogP contribution in [0.3, 0.4) is 0 Å². The molecule has 0 fully saturated rings. The zero-order valence-corrected chi connectivity index (χ0v) is 12.2. The second-order valence-corrected chi connectivity index (χ2v) is 6.93. The number of nitrogens with zero attached hydrogens (tertiary/aromatic N) is 1. The molecule has 0 N–H and O–H groups in total. The van der Waals surface area contributed by atoms with Crippen molar-refractivity contribution in [2.75, 3.05) is 6.26 Å². The van der Waals surface area contributed by atoms with Crippen molar-refractivity contribution in [1.82, 2.24) is 4.40 Å². The number of hydrogen-bond acceptors (Lipinski definition) is 3. The molecule has 2 unspecified atom stereocenters. The number of aryl methyl sites for hydroxylation is 1. The topological polar surface area (TPSA) is 47.8 Å². The van der Waals surface area contributed by atoms with Crippen LogP contribution >= 0.6 is 0 Å². The zero-order valence-electron chi connectivity index (χ0n) is 11.3. The van der Waals surface area contributed by atoms with Crippen LogP contribution in [-0.4, -0.2) is 25.2 Å². The summed E-state index contributed by atoms with van der Waals surface area (Å²) in [6.07, 6.45) is 1.93. The maximum Gasteiger partial charge on any atom is 0.264 e. The van der Waals surface area contributed by atoms with Gasteiger partial charge in [-0.1, -0.05) is 13.0 Å². The van der Waals surface area contributed by atoms with Crippen LogP contribution in [0.5, 0.6) is 0 Å². The van der Waals surface area contributed by atoms with Gasteiger partial charge in [-0.2, -0.15) is 12.8 Å². The summed E-state index contributed by atoms with van der Waals surface area (Å²) in [5, 5.41) is 0. The summed E-state index contributed by atoms with van der Waals surface area (Å²) in [6.45, 7) is 1.88. The van der Waals surface area contributed by atoms with Crippen molar-refractivity contribution < 1.29 is 17.0 Å². The monoisotopic (exact) mass is 297 g/mol. The van der Waals surface area contributed by atoms with Crippen LogP contribution in [0, 0.1) is 5.95 Å². The van der Waals surface area contributed by atoms with Crippen molar-refractivity contribution in [2.24, 2.45) is 0 Å². The van der Waals surface area contributed by atoms with Crippen molar-refractivity contribution in [3.05, 3.63) is 41.5 Å². The Morgan fingerprint density at radius 2 is 2.15 bits per heavy atom. The van der Waals surface area contributed by atoms with E-state index in [1.165, 1.54) is 6.07 Å². The van der Waals surface area contributed by atoms with Gasteiger partial charge < -0.3 is 0 Å². The minimum Gasteiger partial charge on any atom is -0.290 e. The number of aromatic nitrogens is 1. The molecular formula is C14H16FNO3S. The quantitative estimate of drug-likeness (QED) is 0.632. The van der Waals surface area contributed by atoms with E-state index in [2.05, 4.69) is 0 Å². The van der Waals surface area contributed by atoms with Crippen molar-refractivity contribution in [3.8, 4) is 0 Å². The minimum absolute atomic E-state index is 0.173. The fourth-order valence-corrected chi connectivity index (χ4v) is 3.75. The normalized spacial score (nSPS) is 22.9. The number of pyridine rings is 1. The SMILES string of the molecule is CC1c2c(cc3cccc(F)n23)CCC1OS(C)(=O)=O. The Morgan fingerprint density at radius 3 is 2.85 bits per heavy atom. The third kappa shape index (κ3) is 2.23. The molecule has 0 spiro atoms. The first-order chi connectivity index (χ1) is 9.37. The lowest BCUT2D eigenvalue weighted by molar-refractivity contribution is 0.164. The van der Waals surface area contributed by atoms with Gasteiger partial charge in [-0.05, 0) is 36.6 Å². The summed E-state index contributed by atoms with van der Waals surface area (Å²) >= 11 is 0. The Morgan fingerprint density at radius 1 is 1.40 bits per heavy atom.